The van der Waals surface area contributed by atoms with Gasteiger partial charge in [-0.05, 0) is 33.1 Å². The summed E-state index contributed by atoms with van der Waals surface area (Å²) in [6.07, 6.45) is 10.2. The molecule has 4 heteroatoms. The predicted molar refractivity (Wildman–Crippen MR) is 100 cm³/mol. The Morgan fingerprint density at radius 1 is 0.625 bits per heavy atom. The largest absolute Gasteiger partial charge is 0.370 e. The van der Waals surface area contributed by atoms with Gasteiger partial charge in [-0.1, -0.05) is 59.3 Å². The van der Waals surface area contributed by atoms with E-state index in [1.54, 1.807) is 0 Å². The molecule has 0 aromatic carbocycles. The molecule has 0 saturated heterocycles. The maximum atomic E-state index is 6.06. The second kappa shape index (κ2) is 16.3. The molecule has 0 aliphatic heterocycles. The molecule has 0 aromatic heterocycles. The highest BCUT2D eigenvalue weighted by atomic mass is 16.9. The van der Waals surface area contributed by atoms with E-state index in [1.807, 2.05) is 13.8 Å². The standard InChI is InChI=1S/C20H42O4/c1-6-11-12-13-14-15-16-19(21-9-4)20(22-10-5,23-17-7-2)24-18-8-3/h19H,6-18H2,1-5H3. The van der Waals surface area contributed by atoms with Gasteiger partial charge in [0.15, 0.2) is 0 Å². The molecule has 0 radical (unpaired) electrons. The van der Waals surface area contributed by atoms with E-state index in [4.69, 9.17) is 18.9 Å². The van der Waals surface area contributed by atoms with Gasteiger partial charge in [-0.2, -0.15) is 0 Å². The molecular weight excluding hydrogens is 304 g/mol. The summed E-state index contributed by atoms with van der Waals surface area (Å²) in [5.41, 5.74) is 0. The van der Waals surface area contributed by atoms with Crippen LogP contribution in [0.1, 0.15) is 92.4 Å². The monoisotopic (exact) mass is 346 g/mol. The lowest BCUT2D eigenvalue weighted by atomic mass is 10.1. The highest BCUT2D eigenvalue weighted by Gasteiger charge is 2.43. The van der Waals surface area contributed by atoms with Gasteiger partial charge in [0, 0.05) is 13.2 Å². The first-order valence-electron chi connectivity index (χ1n) is 10.2. The molecule has 0 heterocycles. The average Bonchev–Trinajstić information content (AvgIpc) is 2.59. The van der Waals surface area contributed by atoms with E-state index in [2.05, 4.69) is 20.8 Å². The molecule has 4 nitrogen and oxygen atoms in total. The fourth-order valence-electron chi connectivity index (χ4n) is 2.77. The number of ether oxygens (including phenoxy) is 4. The molecule has 0 rings (SSSR count). The van der Waals surface area contributed by atoms with Crippen molar-refractivity contribution in [2.24, 2.45) is 0 Å². The normalized spacial score (nSPS) is 13.4. The van der Waals surface area contributed by atoms with Crippen molar-refractivity contribution in [3.8, 4) is 0 Å². The number of hydrogen-bond acceptors (Lipinski definition) is 4. The van der Waals surface area contributed by atoms with Crippen LogP contribution >= 0.6 is 0 Å². The van der Waals surface area contributed by atoms with Gasteiger partial charge in [0.25, 0.3) is 0 Å². The lowest BCUT2D eigenvalue weighted by molar-refractivity contribution is -0.417. The summed E-state index contributed by atoms with van der Waals surface area (Å²) in [5.74, 6) is -1.06. The summed E-state index contributed by atoms with van der Waals surface area (Å²) in [5, 5.41) is 0. The van der Waals surface area contributed by atoms with Gasteiger partial charge in [-0.15, -0.1) is 0 Å². The molecule has 0 spiro atoms. The molecule has 146 valence electrons. The van der Waals surface area contributed by atoms with Crippen LogP contribution in [-0.2, 0) is 18.9 Å². The SMILES string of the molecule is CCCCCCCCC(OCC)C(OCC)(OCCC)OCCC. The Balaban J connectivity index is 4.78. The summed E-state index contributed by atoms with van der Waals surface area (Å²) in [4.78, 5) is 0. The first-order valence-corrected chi connectivity index (χ1v) is 10.2. The van der Waals surface area contributed by atoms with E-state index in [0.717, 1.165) is 25.7 Å². The van der Waals surface area contributed by atoms with E-state index in [1.165, 1.54) is 32.1 Å². The number of unbranched alkanes of at least 4 members (excludes halogenated alkanes) is 5. The zero-order valence-electron chi connectivity index (χ0n) is 16.9. The van der Waals surface area contributed by atoms with Crippen molar-refractivity contribution in [3.05, 3.63) is 0 Å². The first kappa shape index (κ1) is 23.8. The topological polar surface area (TPSA) is 36.9 Å². The number of rotatable bonds is 18. The van der Waals surface area contributed by atoms with Gasteiger partial charge in [-0.25, -0.2) is 0 Å². The number of hydrogen-bond donors (Lipinski definition) is 0. The van der Waals surface area contributed by atoms with Crippen molar-refractivity contribution in [1.29, 1.82) is 0 Å². The summed E-state index contributed by atoms with van der Waals surface area (Å²) in [6, 6.07) is 0. The lowest BCUT2D eigenvalue weighted by Crippen LogP contribution is -2.51. The van der Waals surface area contributed by atoms with Crippen LogP contribution in [0, 0.1) is 0 Å². The van der Waals surface area contributed by atoms with Crippen molar-refractivity contribution in [2.45, 2.75) is 104 Å². The minimum absolute atomic E-state index is 0.174. The Kier molecular flexibility index (Phi) is 16.2. The Morgan fingerprint density at radius 2 is 1.21 bits per heavy atom. The summed E-state index contributed by atoms with van der Waals surface area (Å²) in [7, 11) is 0. The molecule has 0 aliphatic rings. The van der Waals surface area contributed by atoms with Crippen molar-refractivity contribution in [2.75, 3.05) is 26.4 Å². The average molecular weight is 347 g/mol. The van der Waals surface area contributed by atoms with Crippen LogP contribution in [0.15, 0.2) is 0 Å². The fourth-order valence-corrected chi connectivity index (χ4v) is 2.77. The van der Waals surface area contributed by atoms with Crippen molar-refractivity contribution < 1.29 is 18.9 Å². The molecular formula is C20H42O4. The quantitative estimate of drug-likeness (QED) is 0.236. The Morgan fingerprint density at radius 3 is 1.71 bits per heavy atom. The highest BCUT2D eigenvalue weighted by Crippen LogP contribution is 2.28. The van der Waals surface area contributed by atoms with Crippen LogP contribution in [0.4, 0.5) is 0 Å². The molecule has 0 bridgehead atoms. The van der Waals surface area contributed by atoms with Crippen LogP contribution < -0.4 is 0 Å². The smallest absolute Gasteiger partial charge is 0.310 e. The van der Waals surface area contributed by atoms with Gasteiger partial charge in [0.05, 0.1) is 13.2 Å². The second-order valence-electron chi connectivity index (χ2n) is 6.23. The van der Waals surface area contributed by atoms with Crippen molar-refractivity contribution in [3.63, 3.8) is 0 Å². The molecule has 0 aliphatic carbocycles. The van der Waals surface area contributed by atoms with E-state index in [9.17, 15) is 0 Å². The van der Waals surface area contributed by atoms with E-state index < -0.39 is 5.97 Å². The van der Waals surface area contributed by atoms with Crippen molar-refractivity contribution >= 4 is 0 Å². The van der Waals surface area contributed by atoms with Crippen LogP contribution in [0.25, 0.3) is 0 Å². The first-order chi connectivity index (χ1) is 11.7. The molecule has 0 saturated carbocycles. The highest BCUT2D eigenvalue weighted by molar-refractivity contribution is 4.73. The molecule has 1 atom stereocenters. The Hall–Kier alpha value is -0.160. The van der Waals surface area contributed by atoms with Gasteiger partial charge in [0.1, 0.15) is 6.10 Å². The third-order valence-corrected chi connectivity index (χ3v) is 3.94. The third kappa shape index (κ3) is 9.97. The van der Waals surface area contributed by atoms with Gasteiger partial charge in [-0.3, -0.25) is 0 Å². The van der Waals surface area contributed by atoms with Gasteiger partial charge >= 0.3 is 5.97 Å². The minimum atomic E-state index is -1.06. The van der Waals surface area contributed by atoms with E-state index >= 15 is 0 Å². The van der Waals surface area contributed by atoms with Crippen molar-refractivity contribution in [1.82, 2.24) is 0 Å². The molecule has 0 amide bonds. The molecule has 0 aromatic rings. The zero-order valence-corrected chi connectivity index (χ0v) is 16.9. The van der Waals surface area contributed by atoms with Crippen LogP contribution in [-0.4, -0.2) is 38.5 Å². The zero-order chi connectivity index (χ0) is 18.1. The summed E-state index contributed by atoms with van der Waals surface area (Å²) < 4.78 is 24.1. The fraction of sp³-hybridized carbons (Fsp3) is 1.00. The maximum absolute atomic E-state index is 6.06. The van der Waals surface area contributed by atoms with E-state index in [-0.39, 0.29) is 6.10 Å². The summed E-state index contributed by atoms with van der Waals surface area (Å²) in [6.45, 7) is 12.9. The maximum Gasteiger partial charge on any atom is 0.310 e. The molecule has 1 unspecified atom stereocenters. The molecule has 24 heavy (non-hydrogen) atoms. The minimum Gasteiger partial charge on any atom is -0.370 e. The van der Waals surface area contributed by atoms with Gasteiger partial charge < -0.3 is 18.9 Å². The molecule has 0 fully saturated rings. The van der Waals surface area contributed by atoms with Gasteiger partial charge in [0.2, 0.25) is 0 Å². The molecule has 0 N–H and O–H groups in total. The predicted octanol–water partition coefficient (Wildman–Crippen LogP) is 5.69. The van der Waals surface area contributed by atoms with Crippen LogP contribution in [0.3, 0.4) is 0 Å². The Bertz CT molecular complexity index is 250. The lowest BCUT2D eigenvalue weighted by Gasteiger charge is -2.39. The second-order valence-corrected chi connectivity index (χ2v) is 6.23. The Labute approximate surface area is 150 Å². The van der Waals surface area contributed by atoms with Crippen LogP contribution in [0.5, 0.6) is 0 Å². The summed E-state index contributed by atoms with van der Waals surface area (Å²) >= 11 is 0. The third-order valence-electron chi connectivity index (χ3n) is 3.94. The van der Waals surface area contributed by atoms with Crippen LogP contribution in [0.2, 0.25) is 0 Å². The van der Waals surface area contributed by atoms with E-state index in [0.29, 0.717) is 26.4 Å².